The van der Waals surface area contributed by atoms with Gasteiger partial charge in [-0.15, -0.1) is 5.54 Å². The molecule has 1 N–H and O–H groups in total. The van der Waals surface area contributed by atoms with E-state index in [2.05, 4.69) is 78.2 Å². The summed E-state index contributed by atoms with van der Waals surface area (Å²) in [5.41, 5.74) is 16.9. The Hall–Kier alpha value is -0.630. The molecule has 0 spiro atoms. The van der Waals surface area contributed by atoms with Gasteiger partial charge < -0.3 is 20.6 Å². The first kappa shape index (κ1) is 33.0. The first-order chi connectivity index (χ1) is 11.8. The Labute approximate surface area is 204 Å². The van der Waals surface area contributed by atoms with Gasteiger partial charge in [0.05, 0.1) is 0 Å². The van der Waals surface area contributed by atoms with Gasteiger partial charge in [0, 0.05) is 0 Å². The summed E-state index contributed by atoms with van der Waals surface area (Å²) in [5.74, 6) is 0. The number of hydrogen-bond acceptors (Lipinski definition) is 0. The van der Waals surface area contributed by atoms with Crippen LogP contribution in [0, 0.1) is 20.9 Å². The summed E-state index contributed by atoms with van der Waals surface area (Å²) < 4.78 is 1.64. The third kappa shape index (κ3) is 10.8. The van der Waals surface area contributed by atoms with Crippen molar-refractivity contribution < 1.29 is 21.7 Å². The van der Waals surface area contributed by atoms with Crippen LogP contribution in [0.5, 0.6) is 0 Å². The first-order valence-electron chi connectivity index (χ1n) is 8.65. The van der Waals surface area contributed by atoms with Crippen LogP contribution in [0.3, 0.4) is 0 Å². The van der Waals surface area contributed by atoms with Crippen LogP contribution in [-0.4, -0.2) is 31.2 Å². The van der Waals surface area contributed by atoms with Crippen LogP contribution < -0.4 is 0 Å². The van der Waals surface area contributed by atoms with Crippen LogP contribution in [0.1, 0.15) is 38.3 Å². The predicted molar refractivity (Wildman–Crippen MR) is 137 cm³/mol. The Bertz CT molecular complexity index is 741. The van der Waals surface area contributed by atoms with Gasteiger partial charge in [0.2, 0.25) is 0 Å². The molecule has 0 fully saturated rings. The number of rotatable bonds is 3. The SMILES string of the molecule is CC(C)(C)[NH-].C[As](C)C1=C(c2ccccc2)C(c2ccccc2)=[C-]C1.[CH3-].[CH3-].[SiH4].[Ti+4]. The molecular formula is C25H38AsNSiTi. The molecule has 2 aromatic rings. The molecule has 0 amide bonds. The average Bonchev–Trinajstić information content (AvgIpc) is 3.00. The van der Waals surface area contributed by atoms with Gasteiger partial charge in [-0.05, 0) is 11.0 Å². The number of hydrogen-bond donors (Lipinski definition) is 0. The zero-order chi connectivity index (χ0) is 18.4. The smallest absolute Gasteiger partial charge is 0.358 e. The van der Waals surface area contributed by atoms with Crippen molar-refractivity contribution in [3.8, 4) is 0 Å². The Morgan fingerprint density at radius 1 is 0.828 bits per heavy atom. The van der Waals surface area contributed by atoms with E-state index in [4.69, 9.17) is 5.73 Å². The van der Waals surface area contributed by atoms with Gasteiger partial charge in [-0.3, -0.25) is 0 Å². The standard InChI is InChI=1S/C19H18As.C4H10N.2CH3.H4Si.Ti/c1-20(2)18-14-13-17(15-9-5-3-6-10-15)19(18)16-11-7-4-8-12-16;1-4(2,3)5;;;;/h3-12H,14H2,1-2H3;5H,1-3H3;2*1H3;1H4;/q4*-1;;+4. The van der Waals surface area contributed by atoms with Crippen molar-refractivity contribution in [2.75, 3.05) is 0 Å². The zero-order valence-corrected chi connectivity index (χ0v) is 21.9. The third-order valence-corrected chi connectivity index (χ3v) is 6.70. The van der Waals surface area contributed by atoms with Crippen LogP contribution in [0.4, 0.5) is 0 Å². The minimum absolute atomic E-state index is 0. The summed E-state index contributed by atoms with van der Waals surface area (Å²) >= 11 is -0.885. The fourth-order valence-electron chi connectivity index (χ4n) is 2.64. The first-order valence-corrected chi connectivity index (χ1v) is 13.3. The van der Waals surface area contributed by atoms with E-state index in [1.54, 1.807) is 4.36 Å². The van der Waals surface area contributed by atoms with Crippen LogP contribution in [0.25, 0.3) is 16.9 Å². The van der Waals surface area contributed by atoms with E-state index < -0.39 is 14.7 Å². The molecule has 0 aromatic heterocycles. The second-order valence-corrected chi connectivity index (χ2v) is 12.3. The van der Waals surface area contributed by atoms with E-state index in [9.17, 15) is 0 Å². The Kier molecular flexibility index (Phi) is 17.3. The Morgan fingerprint density at radius 2 is 1.21 bits per heavy atom. The molecule has 156 valence electrons. The summed E-state index contributed by atoms with van der Waals surface area (Å²) in [6.45, 7) is 5.56. The summed E-state index contributed by atoms with van der Waals surface area (Å²) in [6.07, 6.45) is 4.65. The van der Waals surface area contributed by atoms with Crippen molar-refractivity contribution in [2.45, 2.75) is 44.2 Å². The number of benzene rings is 2. The van der Waals surface area contributed by atoms with Crippen molar-refractivity contribution in [1.29, 1.82) is 0 Å². The monoisotopic (exact) mass is 503 g/mol. The van der Waals surface area contributed by atoms with E-state index in [1.165, 1.54) is 22.3 Å². The normalized spacial score (nSPS) is 12.3. The Morgan fingerprint density at radius 3 is 1.59 bits per heavy atom. The maximum absolute atomic E-state index is 6.94. The topological polar surface area (TPSA) is 23.8 Å². The van der Waals surface area contributed by atoms with Gasteiger partial charge in [-0.2, -0.15) is 0 Å². The van der Waals surface area contributed by atoms with Crippen LogP contribution in [-0.2, 0) is 21.7 Å². The third-order valence-electron chi connectivity index (χ3n) is 3.64. The molecule has 29 heavy (non-hydrogen) atoms. The molecule has 0 bridgehead atoms. The summed E-state index contributed by atoms with van der Waals surface area (Å²) in [5, 5.41) is 0. The number of allylic oxidation sites excluding steroid dienone is 4. The van der Waals surface area contributed by atoms with Crippen molar-refractivity contribution >= 4 is 36.8 Å². The second kappa shape index (κ2) is 15.2. The molecule has 1 nitrogen and oxygen atoms in total. The molecule has 0 unspecified atom stereocenters. The average molecular weight is 503 g/mol. The van der Waals surface area contributed by atoms with Gasteiger partial charge in [-0.1, -0.05) is 20.8 Å². The molecule has 0 atom stereocenters. The molecule has 1 aliphatic rings. The molecule has 3 rings (SSSR count). The largest absolute Gasteiger partial charge is 4.00 e. The molecule has 0 radical (unpaired) electrons. The van der Waals surface area contributed by atoms with Crippen molar-refractivity contribution in [3.05, 3.63) is 103 Å². The molecule has 0 heterocycles. The summed E-state index contributed by atoms with van der Waals surface area (Å²) in [6, 6.07) is 21.5. The van der Waals surface area contributed by atoms with Crippen molar-refractivity contribution in [2.24, 2.45) is 0 Å². The molecule has 2 aromatic carbocycles. The van der Waals surface area contributed by atoms with E-state index >= 15 is 0 Å². The predicted octanol–water partition coefficient (Wildman–Crippen LogP) is 6.31. The quantitative estimate of drug-likeness (QED) is 0.347. The van der Waals surface area contributed by atoms with E-state index in [0.29, 0.717) is 0 Å². The van der Waals surface area contributed by atoms with E-state index in [-0.39, 0.29) is 53.1 Å². The molecule has 4 heteroatoms. The summed E-state index contributed by atoms with van der Waals surface area (Å²) in [7, 11) is 0. The molecule has 0 aliphatic heterocycles. The fourth-order valence-corrected chi connectivity index (χ4v) is 4.91. The minimum atomic E-state index is -0.885. The molecule has 0 saturated heterocycles. The van der Waals surface area contributed by atoms with Crippen molar-refractivity contribution in [3.63, 3.8) is 0 Å². The van der Waals surface area contributed by atoms with Crippen LogP contribution >= 0.6 is 0 Å². The number of nitrogens with one attached hydrogen (secondary N) is 1. The Balaban J connectivity index is -0.000000679. The maximum atomic E-state index is 6.94. The maximum Gasteiger partial charge on any atom is 4.00 e. The fraction of sp³-hybridized carbons (Fsp3) is 0.280. The van der Waals surface area contributed by atoms with Gasteiger partial charge in [-0.25, -0.2) is 0 Å². The van der Waals surface area contributed by atoms with Gasteiger partial charge >= 0.3 is 148 Å². The summed E-state index contributed by atoms with van der Waals surface area (Å²) in [4.78, 5) is 0. The van der Waals surface area contributed by atoms with Crippen molar-refractivity contribution in [1.82, 2.24) is 0 Å². The van der Waals surface area contributed by atoms with Crippen LogP contribution in [0.2, 0.25) is 11.4 Å². The molecular weight excluding hydrogens is 465 g/mol. The van der Waals surface area contributed by atoms with Gasteiger partial charge in [0.15, 0.2) is 0 Å². The van der Waals surface area contributed by atoms with Crippen LogP contribution in [0.15, 0.2) is 65.0 Å². The second-order valence-electron chi connectivity index (χ2n) is 7.43. The molecule has 0 saturated carbocycles. The minimum Gasteiger partial charge on any atom is -0.358 e. The molecule has 1 aliphatic carbocycles. The van der Waals surface area contributed by atoms with Gasteiger partial charge in [0.25, 0.3) is 0 Å². The van der Waals surface area contributed by atoms with E-state index in [1.807, 2.05) is 20.8 Å². The zero-order valence-electron chi connectivity index (χ0n) is 18.4. The van der Waals surface area contributed by atoms with Gasteiger partial charge in [0.1, 0.15) is 0 Å². The van der Waals surface area contributed by atoms with E-state index in [0.717, 1.165) is 6.42 Å².